The summed E-state index contributed by atoms with van der Waals surface area (Å²) in [6.45, 7) is 2.98. The van der Waals surface area contributed by atoms with E-state index in [1.807, 2.05) is 49.4 Å². The molecule has 7 heteroatoms. The summed E-state index contributed by atoms with van der Waals surface area (Å²) in [6.07, 6.45) is 0.0376. The van der Waals surface area contributed by atoms with Crippen molar-refractivity contribution in [3.63, 3.8) is 0 Å². The van der Waals surface area contributed by atoms with Gasteiger partial charge < -0.3 is 24.4 Å². The lowest BCUT2D eigenvalue weighted by Gasteiger charge is -2.23. The number of anilines is 1. The van der Waals surface area contributed by atoms with Crippen LogP contribution < -0.4 is 19.5 Å². The van der Waals surface area contributed by atoms with Gasteiger partial charge in [-0.25, -0.2) is 0 Å². The molecule has 0 unspecified atom stereocenters. The van der Waals surface area contributed by atoms with Crippen LogP contribution in [0.25, 0.3) is 0 Å². The number of hydrogen-bond donors (Lipinski definition) is 1. The molecule has 1 N–H and O–H groups in total. The molecule has 2 amide bonds. The van der Waals surface area contributed by atoms with Gasteiger partial charge in [0.1, 0.15) is 5.75 Å². The van der Waals surface area contributed by atoms with E-state index < -0.39 is 6.10 Å². The minimum Gasteiger partial charge on any atom is -0.480 e. The van der Waals surface area contributed by atoms with E-state index in [4.69, 9.17) is 14.2 Å². The molecule has 3 aromatic carbocycles. The molecule has 0 bridgehead atoms. The lowest BCUT2D eigenvalue weighted by Crippen LogP contribution is -2.38. The number of hydrogen-bond acceptors (Lipinski definition) is 5. The van der Waals surface area contributed by atoms with E-state index in [0.717, 1.165) is 11.1 Å². The van der Waals surface area contributed by atoms with Crippen molar-refractivity contribution in [2.75, 3.05) is 12.1 Å². The topological polar surface area (TPSA) is 77.1 Å². The van der Waals surface area contributed by atoms with Crippen LogP contribution in [0.15, 0.2) is 66.7 Å². The molecule has 1 atom stereocenters. The molecule has 0 fully saturated rings. The summed E-state index contributed by atoms with van der Waals surface area (Å²) < 4.78 is 16.7. The number of amides is 2. The predicted octanol–water partition coefficient (Wildman–Crippen LogP) is 4.37. The first kappa shape index (κ1) is 20.9. The van der Waals surface area contributed by atoms with Crippen molar-refractivity contribution < 1.29 is 23.8 Å². The number of carbonyl (C=O) groups is 2. The van der Waals surface area contributed by atoms with Gasteiger partial charge in [0.05, 0.1) is 0 Å². The summed E-state index contributed by atoms with van der Waals surface area (Å²) in [6, 6.07) is 20.4. The molecule has 0 saturated carbocycles. The zero-order valence-electron chi connectivity index (χ0n) is 18.2. The minimum absolute atomic E-state index is 0.0384. The lowest BCUT2D eigenvalue weighted by atomic mass is 10.1. The second-order valence-electron chi connectivity index (χ2n) is 8.04. The Hall–Kier alpha value is -4.00. The third kappa shape index (κ3) is 4.35. The van der Waals surface area contributed by atoms with E-state index in [9.17, 15) is 9.59 Å². The standard InChI is InChI=1S/C26H24N2O5/c1-2-21-26(30)28(14-17-6-4-3-5-7-17)15-19-12-20(9-11-22(19)33-21)27-25(29)18-8-10-23-24(13-18)32-16-31-23/h3-13,21H,2,14-16H2,1H3,(H,27,29)/t21-/m1/s1. The van der Waals surface area contributed by atoms with Crippen molar-refractivity contribution in [2.45, 2.75) is 32.5 Å². The minimum atomic E-state index is -0.538. The van der Waals surface area contributed by atoms with Gasteiger partial charge in [0.2, 0.25) is 6.79 Å². The molecule has 2 aliphatic rings. The third-order valence-electron chi connectivity index (χ3n) is 5.76. The highest BCUT2D eigenvalue weighted by Gasteiger charge is 2.30. The van der Waals surface area contributed by atoms with Gasteiger partial charge in [0.15, 0.2) is 17.6 Å². The van der Waals surface area contributed by atoms with Crippen LogP contribution in [-0.2, 0) is 17.9 Å². The Kier molecular flexibility index (Phi) is 5.60. The first-order chi connectivity index (χ1) is 16.1. The van der Waals surface area contributed by atoms with Crippen molar-refractivity contribution in [1.82, 2.24) is 4.90 Å². The number of carbonyl (C=O) groups excluding carboxylic acids is 2. The highest BCUT2D eigenvalue weighted by molar-refractivity contribution is 6.04. The maximum atomic E-state index is 13.1. The Morgan fingerprint density at radius 1 is 1.00 bits per heavy atom. The van der Waals surface area contributed by atoms with E-state index >= 15 is 0 Å². The van der Waals surface area contributed by atoms with Crippen molar-refractivity contribution in [3.05, 3.63) is 83.4 Å². The summed E-state index contributed by atoms with van der Waals surface area (Å²) in [4.78, 5) is 27.7. The van der Waals surface area contributed by atoms with Crippen molar-refractivity contribution in [2.24, 2.45) is 0 Å². The molecule has 33 heavy (non-hydrogen) atoms. The summed E-state index contributed by atoms with van der Waals surface area (Å²) in [5.41, 5.74) is 2.99. The van der Waals surface area contributed by atoms with Crippen LogP contribution in [0.5, 0.6) is 17.2 Å². The fourth-order valence-corrected chi connectivity index (χ4v) is 4.02. The second kappa shape index (κ2) is 8.86. The highest BCUT2D eigenvalue weighted by Crippen LogP contribution is 2.33. The van der Waals surface area contributed by atoms with Crippen LogP contribution in [-0.4, -0.2) is 29.6 Å². The van der Waals surface area contributed by atoms with Gasteiger partial charge in [0, 0.05) is 29.9 Å². The number of nitrogens with one attached hydrogen (secondary N) is 1. The number of benzene rings is 3. The molecule has 5 rings (SSSR count). The maximum absolute atomic E-state index is 13.1. The van der Waals surface area contributed by atoms with Crippen LogP contribution in [0, 0.1) is 0 Å². The maximum Gasteiger partial charge on any atom is 0.264 e. The van der Waals surface area contributed by atoms with Gasteiger partial charge in [-0.3, -0.25) is 9.59 Å². The first-order valence-electron chi connectivity index (χ1n) is 10.9. The average Bonchev–Trinajstić information content (AvgIpc) is 3.26. The SMILES string of the molecule is CC[C@H]1Oc2ccc(NC(=O)c3ccc4c(c3)OCO4)cc2CN(Cc2ccccc2)C1=O. The van der Waals surface area contributed by atoms with Gasteiger partial charge in [-0.05, 0) is 48.4 Å². The average molecular weight is 444 g/mol. The Balaban J connectivity index is 1.38. The summed E-state index contributed by atoms with van der Waals surface area (Å²) in [5.74, 6) is 1.54. The molecule has 2 aliphatic heterocycles. The number of ether oxygens (including phenoxy) is 3. The van der Waals surface area contributed by atoms with Gasteiger partial charge in [-0.15, -0.1) is 0 Å². The van der Waals surface area contributed by atoms with Gasteiger partial charge in [-0.2, -0.15) is 0 Å². The number of rotatable bonds is 5. The van der Waals surface area contributed by atoms with E-state index in [0.29, 0.717) is 48.0 Å². The molecular formula is C26H24N2O5. The van der Waals surface area contributed by atoms with E-state index in [2.05, 4.69) is 5.32 Å². The monoisotopic (exact) mass is 444 g/mol. The zero-order chi connectivity index (χ0) is 22.8. The van der Waals surface area contributed by atoms with Gasteiger partial charge >= 0.3 is 0 Å². The Morgan fingerprint density at radius 2 is 1.79 bits per heavy atom. The Bertz CT molecular complexity index is 1190. The molecule has 0 saturated heterocycles. The Morgan fingerprint density at radius 3 is 2.61 bits per heavy atom. The Labute approximate surface area is 191 Å². The molecule has 0 aromatic heterocycles. The number of fused-ring (bicyclic) bond motifs is 2. The molecule has 168 valence electrons. The van der Waals surface area contributed by atoms with Crippen LogP contribution in [0.1, 0.15) is 34.8 Å². The third-order valence-corrected chi connectivity index (χ3v) is 5.76. The molecule has 3 aromatic rings. The van der Waals surface area contributed by atoms with Crippen molar-refractivity contribution in [1.29, 1.82) is 0 Å². The summed E-state index contributed by atoms with van der Waals surface area (Å²) in [7, 11) is 0. The van der Waals surface area contributed by atoms with E-state index in [1.54, 1.807) is 29.2 Å². The molecule has 0 aliphatic carbocycles. The quantitative estimate of drug-likeness (QED) is 0.633. The molecular weight excluding hydrogens is 420 g/mol. The van der Waals surface area contributed by atoms with Crippen molar-refractivity contribution >= 4 is 17.5 Å². The van der Waals surface area contributed by atoms with Crippen LogP contribution in [0.2, 0.25) is 0 Å². The van der Waals surface area contributed by atoms with Gasteiger partial charge in [-0.1, -0.05) is 37.3 Å². The second-order valence-corrected chi connectivity index (χ2v) is 8.04. The van der Waals surface area contributed by atoms with Crippen LogP contribution in [0.3, 0.4) is 0 Å². The van der Waals surface area contributed by atoms with E-state index in [-0.39, 0.29) is 18.6 Å². The molecule has 2 heterocycles. The lowest BCUT2D eigenvalue weighted by molar-refractivity contribution is -0.139. The molecule has 0 spiro atoms. The van der Waals surface area contributed by atoms with Gasteiger partial charge in [0.25, 0.3) is 11.8 Å². The fraction of sp³-hybridized carbons (Fsp3) is 0.231. The molecule has 0 radical (unpaired) electrons. The summed E-state index contributed by atoms with van der Waals surface area (Å²) >= 11 is 0. The number of nitrogens with zero attached hydrogens (tertiary/aromatic N) is 1. The van der Waals surface area contributed by atoms with Crippen LogP contribution in [0.4, 0.5) is 5.69 Å². The fourth-order valence-electron chi connectivity index (χ4n) is 4.02. The smallest absolute Gasteiger partial charge is 0.264 e. The normalized spacial score (nSPS) is 16.6. The first-order valence-corrected chi connectivity index (χ1v) is 10.9. The molecule has 7 nitrogen and oxygen atoms in total. The van der Waals surface area contributed by atoms with Crippen LogP contribution >= 0.6 is 0 Å². The van der Waals surface area contributed by atoms with Crippen molar-refractivity contribution in [3.8, 4) is 17.2 Å². The predicted molar refractivity (Wildman–Crippen MR) is 122 cm³/mol. The largest absolute Gasteiger partial charge is 0.480 e. The highest BCUT2D eigenvalue weighted by atomic mass is 16.7. The summed E-state index contributed by atoms with van der Waals surface area (Å²) in [5, 5.41) is 2.93. The van der Waals surface area contributed by atoms with E-state index in [1.165, 1.54) is 0 Å². The zero-order valence-corrected chi connectivity index (χ0v) is 18.2.